The summed E-state index contributed by atoms with van der Waals surface area (Å²) >= 11 is 0. The quantitative estimate of drug-likeness (QED) is 0.812. The zero-order valence-corrected chi connectivity index (χ0v) is 10.9. The Morgan fingerprint density at radius 3 is 2.61 bits per heavy atom. The van der Waals surface area contributed by atoms with Crippen LogP contribution in [0.2, 0.25) is 0 Å². The highest BCUT2D eigenvalue weighted by atomic mass is 16.2. The van der Waals surface area contributed by atoms with E-state index in [1.165, 1.54) is 11.6 Å². The molecular formula is C13H17N3O2. The van der Waals surface area contributed by atoms with Crippen LogP contribution >= 0.6 is 0 Å². The molecule has 2 rings (SSSR count). The van der Waals surface area contributed by atoms with Gasteiger partial charge in [-0.25, -0.2) is 9.78 Å². The SMILES string of the molecule is CCCCc1cnc2c(c1)c(=O)n(C)c(=O)n2C. The molecule has 0 saturated carbocycles. The molecule has 0 aliphatic rings. The molecule has 0 amide bonds. The van der Waals surface area contributed by atoms with Gasteiger partial charge in [-0.1, -0.05) is 13.3 Å². The monoisotopic (exact) mass is 247 g/mol. The summed E-state index contributed by atoms with van der Waals surface area (Å²) < 4.78 is 2.52. The number of aromatic nitrogens is 3. The van der Waals surface area contributed by atoms with Crippen molar-refractivity contribution >= 4 is 11.0 Å². The van der Waals surface area contributed by atoms with Crippen molar-refractivity contribution in [1.29, 1.82) is 0 Å². The van der Waals surface area contributed by atoms with Gasteiger partial charge in [0, 0.05) is 20.3 Å². The maximum Gasteiger partial charge on any atom is 0.332 e. The smallest absolute Gasteiger partial charge is 0.280 e. The molecule has 5 heteroatoms. The summed E-state index contributed by atoms with van der Waals surface area (Å²) in [5.74, 6) is 0. The average molecular weight is 247 g/mol. The molecule has 0 aliphatic heterocycles. The Balaban J connectivity index is 2.70. The molecule has 2 aromatic heterocycles. The summed E-state index contributed by atoms with van der Waals surface area (Å²) in [7, 11) is 3.12. The molecule has 18 heavy (non-hydrogen) atoms. The summed E-state index contributed by atoms with van der Waals surface area (Å²) in [5, 5.41) is 0.508. The van der Waals surface area contributed by atoms with Crippen LogP contribution in [0.5, 0.6) is 0 Å². The third kappa shape index (κ3) is 1.96. The van der Waals surface area contributed by atoms with Crippen LogP contribution in [0.25, 0.3) is 11.0 Å². The largest absolute Gasteiger partial charge is 0.332 e. The normalized spacial score (nSPS) is 11.1. The number of unbranched alkanes of at least 4 members (excludes halogenated alkanes) is 1. The molecule has 0 saturated heterocycles. The second-order valence-electron chi connectivity index (χ2n) is 4.52. The lowest BCUT2D eigenvalue weighted by atomic mass is 10.1. The number of aryl methyl sites for hydroxylation is 2. The van der Waals surface area contributed by atoms with Gasteiger partial charge in [-0.05, 0) is 24.5 Å². The Labute approximate surface area is 105 Å². The fourth-order valence-corrected chi connectivity index (χ4v) is 2.03. The second kappa shape index (κ2) is 4.76. The molecule has 0 aliphatic carbocycles. The minimum absolute atomic E-state index is 0.279. The highest BCUT2D eigenvalue weighted by Crippen LogP contribution is 2.09. The van der Waals surface area contributed by atoms with Crippen LogP contribution in [0.1, 0.15) is 25.3 Å². The van der Waals surface area contributed by atoms with E-state index < -0.39 is 0 Å². The van der Waals surface area contributed by atoms with Crippen molar-refractivity contribution in [2.45, 2.75) is 26.2 Å². The molecule has 0 fully saturated rings. The molecule has 5 nitrogen and oxygen atoms in total. The Hall–Kier alpha value is -1.91. The summed E-state index contributed by atoms with van der Waals surface area (Å²) in [6, 6.07) is 1.85. The van der Waals surface area contributed by atoms with Gasteiger partial charge in [0.25, 0.3) is 5.56 Å². The van der Waals surface area contributed by atoms with E-state index in [0.717, 1.165) is 29.4 Å². The van der Waals surface area contributed by atoms with Crippen molar-refractivity contribution in [2.75, 3.05) is 0 Å². The molecule has 0 aromatic carbocycles. The van der Waals surface area contributed by atoms with Gasteiger partial charge in [-0.15, -0.1) is 0 Å². The Bertz CT molecular complexity index is 698. The summed E-state index contributed by atoms with van der Waals surface area (Å²) in [6.45, 7) is 2.12. The van der Waals surface area contributed by atoms with Crippen molar-refractivity contribution in [1.82, 2.24) is 14.1 Å². The number of hydrogen-bond acceptors (Lipinski definition) is 3. The third-order valence-corrected chi connectivity index (χ3v) is 3.17. The number of nitrogens with zero attached hydrogens (tertiary/aromatic N) is 3. The maximum absolute atomic E-state index is 12.0. The van der Waals surface area contributed by atoms with E-state index in [4.69, 9.17) is 0 Å². The Morgan fingerprint density at radius 2 is 1.94 bits per heavy atom. The van der Waals surface area contributed by atoms with Crippen LogP contribution in [0.3, 0.4) is 0 Å². The van der Waals surface area contributed by atoms with Crippen molar-refractivity contribution in [2.24, 2.45) is 14.1 Å². The lowest BCUT2D eigenvalue weighted by Gasteiger charge is -2.07. The molecule has 96 valence electrons. The van der Waals surface area contributed by atoms with Crippen LogP contribution < -0.4 is 11.2 Å². The van der Waals surface area contributed by atoms with Crippen LogP contribution in [-0.4, -0.2) is 14.1 Å². The van der Waals surface area contributed by atoms with Crippen LogP contribution in [-0.2, 0) is 20.5 Å². The zero-order valence-electron chi connectivity index (χ0n) is 10.9. The number of fused-ring (bicyclic) bond motifs is 1. The van der Waals surface area contributed by atoms with Crippen molar-refractivity contribution in [3.05, 3.63) is 38.7 Å². The average Bonchev–Trinajstić information content (AvgIpc) is 2.40. The van der Waals surface area contributed by atoms with E-state index in [2.05, 4.69) is 11.9 Å². The molecule has 2 aromatic rings. The van der Waals surface area contributed by atoms with E-state index in [0.29, 0.717) is 11.0 Å². The highest BCUT2D eigenvalue weighted by Gasteiger charge is 2.09. The first-order chi connectivity index (χ1) is 8.56. The molecule has 0 N–H and O–H groups in total. The van der Waals surface area contributed by atoms with Crippen LogP contribution in [0, 0.1) is 0 Å². The zero-order chi connectivity index (χ0) is 13.3. The van der Waals surface area contributed by atoms with E-state index >= 15 is 0 Å². The van der Waals surface area contributed by atoms with Crippen molar-refractivity contribution in [3.63, 3.8) is 0 Å². The van der Waals surface area contributed by atoms with Crippen molar-refractivity contribution in [3.8, 4) is 0 Å². The molecule has 0 atom stereocenters. The van der Waals surface area contributed by atoms with Gasteiger partial charge in [0.15, 0.2) is 0 Å². The van der Waals surface area contributed by atoms with E-state index in [1.807, 2.05) is 6.07 Å². The fraction of sp³-hybridized carbons (Fsp3) is 0.462. The maximum atomic E-state index is 12.0. The topological polar surface area (TPSA) is 56.9 Å². The lowest BCUT2D eigenvalue weighted by molar-refractivity contribution is 0.706. The Kier molecular flexibility index (Phi) is 3.32. The highest BCUT2D eigenvalue weighted by molar-refractivity contribution is 5.74. The van der Waals surface area contributed by atoms with E-state index in [-0.39, 0.29) is 11.2 Å². The van der Waals surface area contributed by atoms with E-state index in [1.54, 1.807) is 13.2 Å². The second-order valence-corrected chi connectivity index (χ2v) is 4.52. The first-order valence-electron chi connectivity index (χ1n) is 6.11. The van der Waals surface area contributed by atoms with Crippen LogP contribution in [0.15, 0.2) is 21.9 Å². The van der Waals surface area contributed by atoms with E-state index in [9.17, 15) is 9.59 Å². The third-order valence-electron chi connectivity index (χ3n) is 3.17. The standard InChI is InChI=1S/C13H17N3O2/c1-4-5-6-9-7-10-11(14-8-9)15(2)13(18)16(3)12(10)17/h7-8H,4-6H2,1-3H3. The summed E-state index contributed by atoms with van der Waals surface area (Å²) in [4.78, 5) is 28.0. The van der Waals surface area contributed by atoms with Gasteiger partial charge in [-0.2, -0.15) is 0 Å². The predicted molar refractivity (Wildman–Crippen MR) is 70.8 cm³/mol. The van der Waals surface area contributed by atoms with Gasteiger partial charge in [0.05, 0.1) is 5.39 Å². The Morgan fingerprint density at radius 1 is 1.22 bits per heavy atom. The number of rotatable bonds is 3. The molecule has 2 heterocycles. The van der Waals surface area contributed by atoms with Gasteiger partial charge < -0.3 is 0 Å². The number of hydrogen-bond donors (Lipinski definition) is 0. The first kappa shape index (κ1) is 12.5. The molecule has 0 unspecified atom stereocenters. The lowest BCUT2D eigenvalue weighted by Crippen LogP contribution is -2.37. The minimum atomic E-state index is -0.346. The molecule has 0 spiro atoms. The van der Waals surface area contributed by atoms with Gasteiger partial charge in [0.1, 0.15) is 5.65 Å². The van der Waals surface area contributed by atoms with Crippen molar-refractivity contribution < 1.29 is 0 Å². The van der Waals surface area contributed by atoms with Gasteiger partial charge in [0.2, 0.25) is 0 Å². The first-order valence-corrected chi connectivity index (χ1v) is 6.11. The fourth-order valence-electron chi connectivity index (χ4n) is 2.03. The minimum Gasteiger partial charge on any atom is -0.280 e. The molecular weight excluding hydrogens is 230 g/mol. The van der Waals surface area contributed by atoms with Gasteiger partial charge in [-0.3, -0.25) is 13.9 Å². The molecule has 0 bridgehead atoms. The predicted octanol–water partition coefficient (Wildman–Crippen LogP) is 0.975. The summed E-state index contributed by atoms with van der Waals surface area (Å²) in [6.07, 6.45) is 4.82. The summed E-state index contributed by atoms with van der Waals surface area (Å²) in [5.41, 5.74) is 0.865. The van der Waals surface area contributed by atoms with Crippen LogP contribution in [0.4, 0.5) is 0 Å². The van der Waals surface area contributed by atoms with Gasteiger partial charge >= 0.3 is 5.69 Å². The number of pyridine rings is 1. The molecule has 0 radical (unpaired) electrons.